The summed E-state index contributed by atoms with van der Waals surface area (Å²) in [5.74, 6) is 0. The Labute approximate surface area is 55.6 Å². The van der Waals surface area contributed by atoms with E-state index in [2.05, 4.69) is 12.2 Å². The molecule has 0 aromatic carbocycles. The third-order valence-electron chi connectivity index (χ3n) is 1.31. The van der Waals surface area contributed by atoms with Crippen LogP contribution < -0.4 is 5.73 Å². The van der Waals surface area contributed by atoms with Gasteiger partial charge < -0.3 is 5.73 Å². The van der Waals surface area contributed by atoms with Crippen LogP contribution >= 0.6 is 0 Å². The van der Waals surface area contributed by atoms with Crippen molar-refractivity contribution < 1.29 is 0 Å². The summed E-state index contributed by atoms with van der Waals surface area (Å²) in [4.78, 5) is 0. The van der Waals surface area contributed by atoms with Gasteiger partial charge in [-0.05, 0) is 12.0 Å². The smallest absolute Gasteiger partial charge is 0.0175 e. The molecule has 0 aliphatic heterocycles. The normalized spacial score (nSPS) is 17.2. The zero-order chi connectivity index (χ0) is 6.53. The van der Waals surface area contributed by atoms with Gasteiger partial charge in [-0.3, -0.25) is 0 Å². The van der Waals surface area contributed by atoms with Gasteiger partial charge in [0.05, 0.1) is 0 Å². The maximum atomic E-state index is 5.43. The maximum Gasteiger partial charge on any atom is 0.0175 e. The van der Waals surface area contributed by atoms with Crippen molar-refractivity contribution >= 4 is 0 Å². The van der Waals surface area contributed by atoms with E-state index < -0.39 is 0 Å². The van der Waals surface area contributed by atoms with Crippen molar-refractivity contribution in [3.63, 3.8) is 0 Å². The van der Waals surface area contributed by atoms with Crippen LogP contribution in [0.5, 0.6) is 0 Å². The molecule has 0 radical (unpaired) electrons. The Kier molecular flexibility index (Phi) is 2.28. The van der Waals surface area contributed by atoms with E-state index in [0.717, 1.165) is 6.42 Å². The van der Waals surface area contributed by atoms with Crippen molar-refractivity contribution in [1.82, 2.24) is 0 Å². The molecule has 2 N–H and O–H groups in total. The second kappa shape index (κ2) is 3.25. The van der Waals surface area contributed by atoms with Crippen LogP contribution in [0, 0.1) is 0 Å². The summed E-state index contributed by atoms with van der Waals surface area (Å²) in [6.45, 7) is 0.651. The van der Waals surface area contributed by atoms with E-state index in [1.165, 1.54) is 5.57 Å². The summed E-state index contributed by atoms with van der Waals surface area (Å²) in [6.07, 6.45) is 11.4. The van der Waals surface area contributed by atoms with Crippen LogP contribution in [0.2, 0.25) is 0 Å². The highest BCUT2D eigenvalue weighted by molar-refractivity contribution is 5.26. The van der Waals surface area contributed by atoms with Crippen molar-refractivity contribution in [2.45, 2.75) is 6.42 Å². The molecule has 1 aliphatic rings. The fourth-order valence-corrected chi connectivity index (χ4v) is 0.775. The van der Waals surface area contributed by atoms with Crippen LogP contribution in [0.3, 0.4) is 0 Å². The molecule has 0 atom stereocenters. The van der Waals surface area contributed by atoms with Gasteiger partial charge in [0.25, 0.3) is 0 Å². The Morgan fingerprint density at radius 2 is 2.33 bits per heavy atom. The minimum Gasteiger partial charge on any atom is -0.327 e. The Morgan fingerprint density at radius 1 is 1.44 bits per heavy atom. The van der Waals surface area contributed by atoms with E-state index in [9.17, 15) is 0 Å². The number of hydrogen-bond donors (Lipinski definition) is 1. The third kappa shape index (κ3) is 1.86. The van der Waals surface area contributed by atoms with E-state index in [0.29, 0.717) is 6.54 Å². The van der Waals surface area contributed by atoms with Gasteiger partial charge in [-0.1, -0.05) is 30.4 Å². The minimum absolute atomic E-state index is 0.651. The SMILES string of the molecule is NCC1=CCC=CC=C1. The first-order valence-electron chi connectivity index (χ1n) is 3.16. The van der Waals surface area contributed by atoms with Gasteiger partial charge in [0.2, 0.25) is 0 Å². The zero-order valence-corrected chi connectivity index (χ0v) is 5.38. The Balaban J connectivity index is 2.63. The number of nitrogens with two attached hydrogens (primary N) is 1. The Morgan fingerprint density at radius 3 is 3.11 bits per heavy atom. The zero-order valence-electron chi connectivity index (χ0n) is 5.38. The van der Waals surface area contributed by atoms with Crippen LogP contribution in [0.1, 0.15) is 6.42 Å². The van der Waals surface area contributed by atoms with Crippen LogP contribution in [-0.2, 0) is 0 Å². The van der Waals surface area contributed by atoms with Crippen LogP contribution in [0.4, 0.5) is 0 Å². The lowest BCUT2D eigenvalue weighted by atomic mass is 10.2. The monoisotopic (exact) mass is 121 g/mol. The molecule has 0 saturated carbocycles. The predicted octanol–water partition coefficient (Wildman–Crippen LogP) is 1.39. The molecule has 0 heterocycles. The second-order valence-electron chi connectivity index (χ2n) is 2.01. The number of rotatable bonds is 1. The van der Waals surface area contributed by atoms with Gasteiger partial charge in [0, 0.05) is 6.54 Å². The fraction of sp³-hybridized carbons (Fsp3) is 0.250. The molecule has 0 unspecified atom stereocenters. The van der Waals surface area contributed by atoms with Gasteiger partial charge in [-0.25, -0.2) is 0 Å². The lowest BCUT2D eigenvalue weighted by Crippen LogP contribution is -1.99. The molecule has 1 nitrogen and oxygen atoms in total. The van der Waals surface area contributed by atoms with Crippen LogP contribution in [-0.4, -0.2) is 6.54 Å². The average molecular weight is 121 g/mol. The molecule has 1 rings (SSSR count). The summed E-state index contributed by atoms with van der Waals surface area (Å²) in [5.41, 5.74) is 6.65. The highest BCUT2D eigenvalue weighted by Gasteiger charge is 1.87. The fourth-order valence-electron chi connectivity index (χ4n) is 0.775. The average Bonchev–Trinajstić information content (AvgIpc) is 2.13. The number of hydrogen-bond acceptors (Lipinski definition) is 1. The van der Waals surface area contributed by atoms with Crippen LogP contribution in [0.25, 0.3) is 0 Å². The first-order valence-corrected chi connectivity index (χ1v) is 3.16. The van der Waals surface area contributed by atoms with Crippen LogP contribution in [0.15, 0.2) is 36.0 Å². The molecule has 0 aromatic rings. The van der Waals surface area contributed by atoms with Gasteiger partial charge in [-0.2, -0.15) is 0 Å². The Hall–Kier alpha value is -0.820. The maximum absolute atomic E-state index is 5.43. The molecule has 9 heavy (non-hydrogen) atoms. The van der Waals surface area contributed by atoms with E-state index >= 15 is 0 Å². The van der Waals surface area contributed by atoms with E-state index in [1.54, 1.807) is 0 Å². The second-order valence-corrected chi connectivity index (χ2v) is 2.01. The highest BCUT2D eigenvalue weighted by atomic mass is 14.5. The number of allylic oxidation sites excluding steroid dienone is 4. The summed E-state index contributed by atoms with van der Waals surface area (Å²) in [7, 11) is 0. The van der Waals surface area contributed by atoms with Crippen molar-refractivity contribution in [2.24, 2.45) is 5.73 Å². The van der Waals surface area contributed by atoms with E-state index in [-0.39, 0.29) is 0 Å². The molecule has 1 aliphatic carbocycles. The van der Waals surface area contributed by atoms with Crippen molar-refractivity contribution in [1.29, 1.82) is 0 Å². The van der Waals surface area contributed by atoms with Gasteiger partial charge in [-0.15, -0.1) is 0 Å². The third-order valence-corrected chi connectivity index (χ3v) is 1.31. The standard InChI is InChI=1S/C8H11N/c9-7-8-5-3-1-2-4-6-8/h1-3,5-6H,4,7,9H2. The summed E-state index contributed by atoms with van der Waals surface area (Å²) in [6, 6.07) is 0. The van der Waals surface area contributed by atoms with Crippen molar-refractivity contribution in [2.75, 3.05) is 6.54 Å². The molecule has 0 fully saturated rings. The lowest BCUT2D eigenvalue weighted by Gasteiger charge is -1.91. The summed E-state index contributed by atoms with van der Waals surface area (Å²) < 4.78 is 0. The molecular formula is C8H11N. The first-order chi connectivity index (χ1) is 4.43. The molecule has 0 spiro atoms. The molecule has 0 aromatic heterocycles. The highest BCUT2D eigenvalue weighted by Crippen LogP contribution is 2.01. The predicted molar refractivity (Wildman–Crippen MR) is 40.0 cm³/mol. The van der Waals surface area contributed by atoms with Gasteiger partial charge in [0.1, 0.15) is 0 Å². The molecule has 0 bridgehead atoms. The molecular weight excluding hydrogens is 110 g/mol. The molecule has 1 heteroatoms. The quantitative estimate of drug-likeness (QED) is 0.557. The Bertz CT molecular complexity index is 163. The van der Waals surface area contributed by atoms with E-state index in [4.69, 9.17) is 5.73 Å². The molecule has 0 amide bonds. The minimum atomic E-state index is 0.651. The summed E-state index contributed by atoms with van der Waals surface area (Å²) >= 11 is 0. The lowest BCUT2D eigenvalue weighted by molar-refractivity contribution is 1.17. The van der Waals surface area contributed by atoms with Gasteiger partial charge >= 0.3 is 0 Å². The van der Waals surface area contributed by atoms with Gasteiger partial charge in [0.15, 0.2) is 0 Å². The summed E-state index contributed by atoms with van der Waals surface area (Å²) in [5, 5.41) is 0. The topological polar surface area (TPSA) is 26.0 Å². The first kappa shape index (κ1) is 6.30. The molecule has 48 valence electrons. The van der Waals surface area contributed by atoms with Crippen molar-refractivity contribution in [3.05, 3.63) is 36.0 Å². The molecule has 0 saturated heterocycles. The largest absolute Gasteiger partial charge is 0.327 e. The van der Waals surface area contributed by atoms with E-state index in [1.807, 2.05) is 18.2 Å². The van der Waals surface area contributed by atoms with Crippen molar-refractivity contribution in [3.8, 4) is 0 Å².